The molecular weight excluding hydrogens is 264 g/mol. The molecule has 0 aliphatic rings. The van der Waals surface area contributed by atoms with E-state index >= 15 is 0 Å². The lowest BCUT2D eigenvalue weighted by atomic mass is 10.1. The molecule has 0 radical (unpaired) electrons. The standard InChI is InChI=1S/C10H14O5S2/c1-16(11,12)8-2-3-9-4-6-10(7-5-9)17(13,14)15/h4-7H,2-3,8H2,1H3,(H,13,14,15). The van der Waals surface area contributed by atoms with Crippen LogP contribution >= 0.6 is 0 Å². The van der Waals surface area contributed by atoms with E-state index in [1.54, 1.807) is 12.1 Å². The minimum Gasteiger partial charge on any atom is -0.282 e. The van der Waals surface area contributed by atoms with Crippen LogP contribution in [-0.2, 0) is 26.4 Å². The van der Waals surface area contributed by atoms with Crippen LogP contribution in [0.3, 0.4) is 0 Å². The summed E-state index contributed by atoms with van der Waals surface area (Å²) in [5, 5.41) is 0. The Morgan fingerprint density at radius 3 is 2.00 bits per heavy atom. The fourth-order valence-electron chi connectivity index (χ4n) is 1.37. The first kappa shape index (κ1) is 14.1. The number of rotatable bonds is 5. The molecule has 0 fully saturated rings. The Bertz CT molecular complexity index is 570. The van der Waals surface area contributed by atoms with Gasteiger partial charge in [-0.25, -0.2) is 8.42 Å². The molecular formula is C10H14O5S2. The average molecular weight is 278 g/mol. The van der Waals surface area contributed by atoms with Gasteiger partial charge in [-0.05, 0) is 30.5 Å². The van der Waals surface area contributed by atoms with Gasteiger partial charge in [0.2, 0.25) is 0 Å². The largest absolute Gasteiger partial charge is 0.294 e. The monoisotopic (exact) mass is 278 g/mol. The summed E-state index contributed by atoms with van der Waals surface area (Å²) in [6, 6.07) is 5.72. The van der Waals surface area contributed by atoms with Crippen molar-refractivity contribution in [2.24, 2.45) is 0 Å². The summed E-state index contributed by atoms with van der Waals surface area (Å²) in [6.45, 7) is 0. The van der Waals surface area contributed by atoms with Gasteiger partial charge in [0.05, 0.1) is 10.6 Å². The minimum atomic E-state index is -4.16. The smallest absolute Gasteiger partial charge is 0.282 e. The summed E-state index contributed by atoms with van der Waals surface area (Å²) >= 11 is 0. The second-order valence-corrected chi connectivity index (χ2v) is 7.53. The Hall–Kier alpha value is -0.920. The van der Waals surface area contributed by atoms with Crippen molar-refractivity contribution >= 4 is 20.0 Å². The molecule has 7 heteroatoms. The second kappa shape index (κ2) is 5.16. The first-order valence-corrected chi connectivity index (χ1v) is 8.43. The third-order valence-corrected chi connectivity index (χ3v) is 4.10. The molecule has 1 rings (SSSR count). The SMILES string of the molecule is CS(=O)(=O)CCCc1ccc(S(=O)(=O)O)cc1. The zero-order chi connectivity index (χ0) is 13.1. The van der Waals surface area contributed by atoms with E-state index in [2.05, 4.69) is 0 Å². The predicted octanol–water partition coefficient (Wildman–Crippen LogP) is 0.911. The first-order chi connectivity index (χ1) is 7.68. The van der Waals surface area contributed by atoms with Crippen molar-refractivity contribution < 1.29 is 21.4 Å². The van der Waals surface area contributed by atoms with E-state index in [-0.39, 0.29) is 10.6 Å². The zero-order valence-electron chi connectivity index (χ0n) is 9.33. The highest BCUT2D eigenvalue weighted by atomic mass is 32.2. The van der Waals surface area contributed by atoms with Crippen molar-refractivity contribution in [3.63, 3.8) is 0 Å². The van der Waals surface area contributed by atoms with Crippen LogP contribution in [0, 0.1) is 0 Å². The van der Waals surface area contributed by atoms with Gasteiger partial charge < -0.3 is 0 Å². The van der Waals surface area contributed by atoms with Crippen molar-refractivity contribution in [1.82, 2.24) is 0 Å². The molecule has 5 nitrogen and oxygen atoms in total. The van der Waals surface area contributed by atoms with Crippen molar-refractivity contribution in [2.75, 3.05) is 12.0 Å². The Kier molecular flexibility index (Phi) is 4.29. The average Bonchev–Trinajstić information content (AvgIpc) is 2.15. The van der Waals surface area contributed by atoms with Gasteiger partial charge in [0.25, 0.3) is 10.1 Å². The molecule has 17 heavy (non-hydrogen) atoms. The quantitative estimate of drug-likeness (QED) is 0.809. The van der Waals surface area contributed by atoms with Gasteiger partial charge in [0.1, 0.15) is 9.84 Å². The van der Waals surface area contributed by atoms with Crippen molar-refractivity contribution in [2.45, 2.75) is 17.7 Å². The summed E-state index contributed by atoms with van der Waals surface area (Å²) in [5.74, 6) is 0.104. The molecule has 0 heterocycles. The number of aryl methyl sites for hydroxylation is 1. The van der Waals surface area contributed by atoms with Gasteiger partial charge in [-0.1, -0.05) is 12.1 Å². The number of hydrogen-bond donors (Lipinski definition) is 1. The maximum atomic E-state index is 10.9. The molecule has 0 aromatic heterocycles. The second-order valence-electron chi connectivity index (χ2n) is 3.85. The molecule has 1 aromatic carbocycles. The topological polar surface area (TPSA) is 88.5 Å². The van der Waals surface area contributed by atoms with Crippen LogP contribution in [0.25, 0.3) is 0 Å². The molecule has 0 atom stereocenters. The highest BCUT2D eigenvalue weighted by Gasteiger charge is 2.08. The van der Waals surface area contributed by atoms with Crippen molar-refractivity contribution in [1.29, 1.82) is 0 Å². The van der Waals surface area contributed by atoms with Gasteiger partial charge in [-0.2, -0.15) is 8.42 Å². The molecule has 0 aliphatic carbocycles. The molecule has 0 unspecified atom stereocenters. The van der Waals surface area contributed by atoms with Crippen molar-refractivity contribution in [3.05, 3.63) is 29.8 Å². The normalized spacial score (nSPS) is 12.6. The minimum absolute atomic E-state index is 0.104. The molecule has 96 valence electrons. The highest BCUT2D eigenvalue weighted by Crippen LogP contribution is 2.11. The first-order valence-electron chi connectivity index (χ1n) is 4.93. The van der Waals surface area contributed by atoms with Crippen LogP contribution in [0.15, 0.2) is 29.2 Å². The number of benzene rings is 1. The molecule has 0 amide bonds. The van der Waals surface area contributed by atoms with Crippen LogP contribution in [0.5, 0.6) is 0 Å². The fraction of sp³-hybridized carbons (Fsp3) is 0.400. The van der Waals surface area contributed by atoms with Crippen LogP contribution in [0.1, 0.15) is 12.0 Å². The Balaban J connectivity index is 2.64. The van der Waals surface area contributed by atoms with Gasteiger partial charge in [0.15, 0.2) is 0 Å². The van der Waals surface area contributed by atoms with Gasteiger partial charge >= 0.3 is 0 Å². The number of sulfone groups is 1. The van der Waals surface area contributed by atoms with E-state index in [0.717, 1.165) is 5.56 Å². The third kappa shape index (κ3) is 5.29. The fourth-order valence-corrected chi connectivity index (χ4v) is 2.52. The Labute approximate surface area is 101 Å². The Morgan fingerprint density at radius 2 is 1.59 bits per heavy atom. The highest BCUT2D eigenvalue weighted by molar-refractivity contribution is 7.90. The van der Waals surface area contributed by atoms with Crippen LogP contribution in [0.4, 0.5) is 0 Å². The molecule has 0 saturated carbocycles. The predicted molar refractivity (Wildman–Crippen MR) is 64.3 cm³/mol. The summed E-state index contributed by atoms with van der Waals surface area (Å²) in [4.78, 5) is -0.163. The van der Waals surface area contributed by atoms with Crippen LogP contribution < -0.4 is 0 Å². The lowest BCUT2D eigenvalue weighted by molar-refractivity contribution is 0.483. The molecule has 1 N–H and O–H groups in total. The third-order valence-electron chi connectivity index (χ3n) is 2.20. The zero-order valence-corrected chi connectivity index (χ0v) is 11.0. The summed E-state index contributed by atoms with van der Waals surface area (Å²) in [5.41, 5.74) is 0.834. The van der Waals surface area contributed by atoms with E-state index in [1.165, 1.54) is 18.4 Å². The van der Waals surface area contributed by atoms with Gasteiger partial charge in [-0.15, -0.1) is 0 Å². The van der Waals surface area contributed by atoms with Gasteiger partial charge in [-0.3, -0.25) is 4.55 Å². The van der Waals surface area contributed by atoms with E-state index in [1.807, 2.05) is 0 Å². The van der Waals surface area contributed by atoms with E-state index in [9.17, 15) is 16.8 Å². The lowest BCUT2D eigenvalue weighted by Crippen LogP contribution is -2.04. The maximum Gasteiger partial charge on any atom is 0.294 e. The van der Waals surface area contributed by atoms with Crippen LogP contribution in [-0.4, -0.2) is 33.4 Å². The summed E-state index contributed by atoms with van der Waals surface area (Å²) in [6.07, 6.45) is 2.22. The van der Waals surface area contributed by atoms with E-state index in [0.29, 0.717) is 12.8 Å². The molecule has 0 spiro atoms. The lowest BCUT2D eigenvalue weighted by Gasteiger charge is -2.02. The summed E-state index contributed by atoms with van der Waals surface area (Å²) in [7, 11) is -7.12. The van der Waals surface area contributed by atoms with Gasteiger partial charge in [0, 0.05) is 6.26 Å². The maximum absolute atomic E-state index is 10.9. The molecule has 0 saturated heterocycles. The molecule has 0 aliphatic heterocycles. The van der Waals surface area contributed by atoms with E-state index in [4.69, 9.17) is 4.55 Å². The van der Waals surface area contributed by atoms with E-state index < -0.39 is 20.0 Å². The number of hydrogen-bond acceptors (Lipinski definition) is 4. The molecule has 1 aromatic rings. The Morgan fingerprint density at radius 1 is 1.06 bits per heavy atom. The van der Waals surface area contributed by atoms with Crippen LogP contribution in [0.2, 0.25) is 0 Å². The van der Waals surface area contributed by atoms with Crippen molar-refractivity contribution in [3.8, 4) is 0 Å². The summed E-state index contributed by atoms with van der Waals surface area (Å²) < 4.78 is 52.1. The molecule has 0 bridgehead atoms.